The van der Waals surface area contributed by atoms with Crippen LogP contribution in [-0.2, 0) is 0 Å². The number of aliphatic hydroxyl groups excluding tert-OH is 1. The molecule has 0 amide bonds. The second-order valence-corrected chi connectivity index (χ2v) is 3.80. The monoisotopic (exact) mass is 212 g/mol. The van der Waals surface area contributed by atoms with Crippen molar-refractivity contribution >= 4 is 5.95 Å². The largest absolute Gasteiger partial charge is 0.392 e. The highest BCUT2D eigenvalue weighted by atomic mass is 16.5. The summed E-state index contributed by atoms with van der Waals surface area (Å²) in [5.41, 5.74) is 0. The van der Waals surface area contributed by atoms with Crippen LogP contribution < -0.4 is 10.2 Å². The Morgan fingerprint density at radius 1 is 1.67 bits per heavy atom. The van der Waals surface area contributed by atoms with Gasteiger partial charge in [0.25, 0.3) is 5.95 Å². The Kier molecular flexibility index (Phi) is 2.88. The number of hydrogen-bond donors (Lipinski definition) is 2. The maximum atomic E-state index is 9.36. The normalized spacial score (nSPS) is 25.8. The first-order valence-corrected chi connectivity index (χ1v) is 5.17. The summed E-state index contributed by atoms with van der Waals surface area (Å²) in [4.78, 5) is 6.17. The molecule has 2 rings (SSSR count). The highest BCUT2D eigenvalue weighted by Crippen LogP contribution is 2.23. The second-order valence-electron chi connectivity index (χ2n) is 3.80. The van der Waals surface area contributed by atoms with E-state index in [-0.39, 0.29) is 12.1 Å². The lowest BCUT2D eigenvalue weighted by molar-refractivity contribution is 0.191. The predicted octanol–water partition coefficient (Wildman–Crippen LogP) is -0.0790. The van der Waals surface area contributed by atoms with Gasteiger partial charge in [0.2, 0.25) is 5.89 Å². The highest BCUT2D eigenvalue weighted by Gasteiger charge is 2.28. The Morgan fingerprint density at radius 3 is 3.07 bits per heavy atom. The van der Waals surface area contributed by atoms with Gasteiger partial charge >= 0.3 is 0 Å². The molecule has 84 valence electrons. The molecule has 0 bridgehead atoms. The van der Waals surface area contributed by atoms with Crippen molar-refractivity contribution in [1.82, 2.24) is 15.5 Å². The molecule has 1 aromatic heterocycles. The third-order valence-corrected chi connectivity index (χ3v) is 2.65. The van der Waals surface area contributed by atoms with Crippen LogP contribution >= 0.6 is 0 Å². The van der Waals surface area contributed by atoms with Gasteiger partial charge in [-0.1, -0.05) is 0 Å². The Labute approximate surface area is 88.3 Å². The fourth-order valence-electron chi connectivity index (χ4n) is 1.57. The van der Waals surface area contributed by atoms with Gasteiger partial charge in [-0.2, -0.15) is 4.98 Å². The van der Waals surface area contributed by atoms with Gasteiger partial charge in [-0.3, -0.25) is 0 Å². The molecule has 2 atom stereocenters. The van der Waals surface area contributed by atoms with Crippen molar-refractivity contribution in [3.05, 3.63) is 5.89 Å². The minimum atomic E-state index is -0.311. The lowest BCUT2D eigenvalue weighted by Crippen LogP contribution is -2.18. The van der Waals surface area contributed by atoms with Crippen LogP contribution in [0, 0.1) is 0 Å². The van der Waals surface area contributed by atoms with Gasteiger partial charge in [0.15, 0.2) is 0 Å². The molecule has 1 aromatic rings. The van der Waals surface area contributed by atoms with Crippen LogP contribution in [0.5, 0.6) is 0 Å². The van der Waals surface area contributed by atoms with E-state index in [1.165, 1.54) is 0 Å². The summed E-state index contributed by atoms with van der Waals surface area (Å²) in [5.74, 6) is 1.15. The third kappa shape index (κ3) is 2.10. The Hall–Kier alpha value is -1.14. The Morgan fingerprint density at radius 2 is 2.47 bits per heavy atom. The van der Waals surface area contributed by atoms with Crippen LogP contribution in [0.25, 0.3) is 0 Å². The molecule has 0 radical (unpaired) electrons. The number of nitrogens with one attached hydrogen (secondary N) is 1. The van der Waals surface area contributed by atoms with Crippen molar-refractivity contribution in [2.75, 3.05) is 25.0 Å². The van der Waals surface area contributed by atoms with Gasteiger partial charge in [0.1, 0.15) is 0 Å². The van der Waals surface area contributed by atoms with Gasteiger partial charge in [-0.05, 0) is 18.5 Å². The SMILES string of the molecule is CCN(C)c1noc([C@@H]2C[C@H](O)CN2)n1. The molecule has 0 aromatic carbocycles. The molecule has 1 aliphatic rings. The molecular formula is C9H16N4O2. The molecular weight excluding hydrogens is 196 g/mol. The molecule has 0 spiro atoms. The smallest absolute Gasteiger partial charge is 0.265 e. The third-order valence-electron chi connectivity index (χ3n) is 2.65. The summed E-state index contributed by atoms with van der Waals surface area (Å²) in [6.07, 6.45) is 0.326. The average Bonchev–Trinajstić information content (AvgIpc) is 2.84. The Balaban J connectivity index is 2.07. The quantitative estimate of drug-likeness (QED) is 0.730. The van der Waals surface area contributed by atoms with Gasteiger partial charge in [-0.25, -0.2) is 0 Å². The number of aromatic nitrogens is 2. The van der Waals surface area contributed by atoms with E-state index in [4.69, 9.17) is 4.52 Å². The molecule has 2 N–H and O–H groups in total. The van der Waals surface area contributed by atoms with Crippen LogP contribution in [0.4, 0.5) is 5.95 Å². The van der Waals surface area contributed by atoms with E-state index in [1.807, 2.05) is 18.9 Å². The van der Waals surface area contributed by atoms with Crippen molar-refractivity contribution in [3.8, 4) is 0 Å². The van der Waals surface area contributed by atoms with Crippen LogP contribution in [-0.4, -0.2) is 41.5 Å². The van der Waals surface area contributed by atoms with E-state index in [0.29, 0.717) is 24.8 Å². The van der Waals surface area contributed by atoms with Crippen molar-refractivity contribution in [1.29, 1.82) is 0 Å². The zero-order valence-corrected chi connectivity index (χ0v) is 8.97. The summed E-state index contributed by atoms with van der Waals surface area (Å²) in [6, 6.07) is -0.00786. The first kappa shape index (κ1) is 10.4. The standard InChI is InChI=1S/C9H16N4O2/c1-3-13(2)9-11-8(15-12-9)7-4-6(14)5-10-7/h6-7,10,14H,3-5H2,1-2H3/t6-,7-/m0/s1. The maximum absolute atomic E-state index is 9.36. The number of anilines is 1. The fraction of sp³-hybridized carbons (Fsp3) is 0.778. The van der Waals surface area contributed by atoms with E-state index >= 15 is 0 Å². The number of hydrogen-bond acceptors (Lipinski definition) is 6. The minimum absolute atomic E-state index is 0.00786. The number of aliphatic hydroxyl groups is 1. The number of β-amino-alcohol motifs (C(OH)–C–C–N with tert-alkyl or cyclic N) is 1. The van der Waals surface area contributed by atoms with Crippen LogP contribution in [0.15, 0.2) is 4.52 Å². The summed E-state index contributed by atoms with van der Waals surface area (Å²) >= 11 is 0. The van der Waals surface area contributed by atoms with Gasteiger partial charge in [0.05, 0.1) is 12.1 Å². The summed E-state index contributed by atoms with van der Waals surface area (Å²) in [5, 5.41) is 16.4. The van der Waals surface area contributed by atoms with Crippen LogP contribution in [0.1, 0.15) is 25.3 Å². The van der Waals surface area contributed by atoms with Gasteiger partial charge < -0.3 is 19.8 Å². The molecule has 2 heterocycles. The summed E-state index contributed by atoms with van der Waals surface area (Å²) in [7, 11) is 1.91. The number of nitrogens with zero attached hydrogens (tertiary/aromatic N) is 3. The minimum Gasteiger partial charge on any atom is -0.392 e. The average molecular weight is 212 g/mol. The zero-order chi connectivity index (χ0) is 10.8. The zero-order valence-electron chi connectivity index (χ0n) is 8.97. The van der Waals surface area contributed by atoms with Gasteiger partial charge in [0, 0.05) is 20.1 Å². The predicted molar refractivity (Wildman–Crippen MR) is 54.6 cm³/mol. The van der Waals surface area contributed by atoms with Crippen molar-refractivity contribution < 1.29 is 9.63 Å². The summed E-state index contributed by atoms with van der Waals surface area (Å²) in [6.45, 7) is 3.44. The summed E-state index contributed by atoms with van der Waals surface area (Å²) < 4.78 is 5.14. The highest BCUT2D eigenvalue weighted by molar-refractivity contribution is 5.25. The number of rotatable bonds is 3. The van der Waals surface area contributed by atoms with E-state index in [0.717, 1.165) is 6.54 Å². The first-order chi connectivity index (χ1) is 7.20. The molecule has 0 aliphatic carbocycles. The Bertz CT molecular complexity index is 328. The van der Waals surface area contributed by atoms with Crippen LogP contribution in [0.2, 0.25) is 0 Å². The molecule has 1 fully saturated rings. The molecule has 6 nitrogen and oxygen atoms in total. The molecule has 0 saturated carbocycles. The molecule has 1 aliphatic heterocycles. The molecule has 1 saturated heterocycles. The van der Waals surface area contributed by atoms with E-state index in [1.54, 1.807) is 0 Å². The van der Waals surface area contributed by atoms with Crippen LogP contribution in [0.3, 0.4) is 0 Å². The fourth-order valence-corrected chi connectivity index (χ4v) is 1.57. The van der Waals surface area contributed by atoms with E-state index < -0.39 is 0 Å². The lowest BCUT2D eigenvalue weighted by atomic mass is 10.2. The molecule has 6 heteroatoms. The molecule has 15 heavy (non-hydrogen) atoms. The molecule has 0 unspecified atom stereocenters. The lowest BCUT2D eigenvalue weighted by Gasteiger charge is -2.09. The van der Waals surface area contributed by atoms with Gasteiger partial charge in [-0.15, -0.1) is 0 Å². The first-order valence-electron chi connectivity index (χ1n) is 5.17. The van der Waals surface area contributed by atoms with Crippen molar-refractivity contribution in [3.63, 3.8) is 0 Å². The van der Waals surface area contributed by atoms with E-state index in [2.05, 4.69) is 15.5 Å². The second kappa shape index (κ2) is 4.16. The van der Waals surface area contributed by atoms with E-state index in [9.17, 15) is 5.11 Å². The topological polar surface area (TPSA) is 74.4 Å². The maximum Gasteiger partial charge on any atom is 0.265 e. The van der Waals surface area contributed by atoms with Crippen molar-refractivity contribution in [2.45, 2.75) is 25.5 Å². The van der Waals surface area contributed by atoms with Crippen molar-refractivity contribution in [2.24, 2.45) is 0 Å².